The third-order valence-electron chi connectivity index (χ3n) is 3.80. The molecule has 4 heteroatoms. The Balaban J connectivity index is 3.09. The molecular formula is C17H40N4. The molecule has 0 amide bonds. The third-order valence-corrected chi connectivity index (χ3v) is 3.80. The van der Waals surface area contributed by atoms with Crippen molar-refractivity contribution in [3.8, 4) is 0 Å². The molecule has 0 aliphatic heterocycles. The fraction of sp³-hybridized carbons (Fsp3) is 1.00. The first-order valence-electron chi connectivity index (χ1n) is 8.91. The Labute approximate surface area is 133 Å². The van der Waals surface area contributed by atoms with E-state index < -0.39 is 0 Å². The number of hydrogen-bond donors (Lipinski definition) is 4. The second kappa shape index (κ2) is 16.2. The van der Waals surface area contributed by atoms with Gasteiger partial charge >= 0.3 is 0 Å². The van der Waals surface area contributed by atoms with Crippen LogP contribution >= 0.6 is 0 Å². The molecule has 0 fully saturated rings. The van der Waals surface area contributed by atoms with E-state index >= 15 is 0 Å². The molecule has 0 aliphatic rings. The Morgan fingerprint density at radius 1 is 0.571 bits per heavy atom. The highest BCUT2D eigenvalue weighted by molar-refractivity contribution is 4.60. The van der Waals surface area contributed by atoms with E-state index in [1.165, 1.54) is 45.2 Å². The van der Waals surface area contributed by atoms with E-state index in [0.717, 1.165) is 38.0 Å². The van der Waals surface area contributed by atoms with Crippen molar-refractivity contribution >= 4 is 0 Å². The van der Waals surface area contributed by atoms with E-state index in [-0.39, 0.29) is 0 Å². The summed E-state index contributed by atoms with van der Waals surface area (Å²) < 4.78 is 0. The third kappa shape index (κ3) is 16.0. The minimum atomic E-state index is 0.728. The predicted molar refractivity (Wildman–Crippen MR) is 95.0 cm³/mol. The molecule has 0 bridgehead atoms. The lowest BCUT2D eigenvalue weighted by atomic mass is 10.1. The van der Waals surface area contributed by atoms with Crippen LogP contribution in [-0.2, 0) is 0 Å². The number of hydrogen-bond acceptors (Lipinski definition) is 4. The molecule has 0 aromatic heterocycles. The molecule has 0 saturated carbocycles. The molecule has 4 N–H and O–H groups in total. The largest absolute Gasteiger partial charge is 0.319 e. The van der Waals surface area contributed by atoms with Gasteiger partial charge in [0.2, 0.25) is 0 Å². The van der Waals surface area contributed by atoms with Crippen LogP contribution in [-0.4, -0.2) is 53.4 Å². The van der Waals surface area contributed by atoms with Crippen molar-refractivity contribution in [1.29, 1.82) is 0 Å². The zero-order valence-corrected chi connectivity index (χ0v) is 14.9. The van der Waals surface area contributed by atoms with Crippen LogP contribution in [0.25, 0.3) is 0 Å². The van der Waals surface area contributed by atoms with Gasteiger partial charge in [-0.25, -0.2) is 0 Å². The smallest absolute Gasteiger partial charge is 0.00110 e. The Hall–Kier alpha value is -0.160. The van der Waals surface area contributed by atoms with Gasteiger partial charge in [-0.1, -0.05) is 33.1 Å². The van der Waals surface area contributed by atoms with Crippen LogP contribution in [0.2, 0.25) is 0 Å². The van der Waals surface area contributed by atoms with Gasteiger partial charge in [0, 0.05) is 0 Å². The molecule has 0 heterocycles. The second-order valence-corrected chi connectivity index (χ2v) is 6.50. The SMILES string of the molecule is CNC[C@@H](C)CNCCCCCCCNC[C@H](C)CNC. The van der Waals surface area contributed by atoms with Gasteiger partial charge in [-0.05, 0) is 78.0 Å². The molecule has 4 nitrogen and oxygen atoms in total. The Morgan fingerprint density at radius 2 is 0.952 bits per heavy atom. The average Bonchev–Trinajstić information content (AvgIpc) is 2.45. The normalized spacial score (nSPS) is 14.3. The molecule has 0 rings (SSSR count). The molecule has 0 aromatic rings. The monoisotopic (exact) mass is 300 g/mol. The van der Waals surface area contributed by atoms with Crippen molar-refractivity contribution in [3.05, 3.63) is 0 Å². The van der Waals surface area contributed by atoms with E-state index in [2.05, 4.69) is 35.1 Å². The van der Waals surface area contributed by atoms with E-state index in [1.807, 2.05) is 14.1 Å². The van der Waals surface area contributed by atoms with Crippen molar-refractivity contribution < 1.29 is 0 Å². The van der Waals surface area contributed by atoms with E-state index in [4.69, 9.17) is 0 Å². The van der Waals surface area contributed by atoms with Gasteiger partial charge in [0.1, 0.15) is 0 Å². The summed E-state index contributed by atoms with van der Waals surface area (Å²) >= 11 is 0. The first kappa shape index (κ1) is 20.8. The summed E-state index contributed by atoms with van der Waals surface area (Å²) in [7, 11) is 4.04. The summed E-state index contributed by atoms with van der Waals surface area (Å²) in [4.78, 5) is 0. The van der Waals surface area contributed by atoms with Crippen LogP contribution in [0.3, 0.4) is 0 Å². The minimum absolute atomic E-state index is 0.728. The molecule has 0 aliphatic carbocycles. The molecule has 2 atom stereocenters. The maximum atomic E-state index is 3.55. The maximum absolute atomic E-state index is 3.55. The summed E-state index contributed by atoms with van der Waals surface area (Å²) in [5.74, 6) is 1.46. The summed E-state index contributed by atoms with van der Waals surface area (Å²) in [6.07, 6.45) is 6.74. The van der Waals surface area contributed by atoms with Crippen molar-refractivity contribution in [1.82, 2.24) is 21.3 Å². The number of unbranched alkanes of at least 4 members (excludes halogenated alkanes) is 4. The minimum Gasteiger partial charge on any atom is -0.319 e. The lowest BCUT2D eigenvalue weighted by Gasteiger charge is -2.12. The second-order valence-electron chi connectivity index (χ2n) is 6.50. The fourth-order valence-electron chi connectivity index (χ4n) is 2.57. The zero-order valence-electron chi connectivity index (χ0n) is 14.9. The van der Waals surface area contributed by atoms with Crippen molar-refractivity contribution in [2.45, 2.75) is 46.0 Å². The van der Waals surface area contributed by atoms with Crippen LogP contribution in [0.4, 0.5) is 0 Å². The van der Waals surface area contributed by atoms with Crippen molar-refractivity contribution in [2.75, 3.05) is 53.4 Å². The van der Waals surface area contributed by atoms with Gasteiger partial charge in [0.25, 0.3) is 0 Å². The Morgan fingerprint density at radius 3 is 1.33 bits per heavy atom. The molecule has 0 spiro atoms. The highest BCUT2D eigenvalue weighted by Crippen LogP contribution is 2.02. The van der Waals surface area contributed by atoms with Gasteiger partial charge in [-0.15, -0.1) is 0 Å². The molecule has 0 saturated heterocycles. The summed E-state index contributed by atoms with van der Waals surface area (Å²) in [5.41, 5.74) is 0. The number of nitrogens with one attached hydrogen (secondary N) is 4. The maximum Gasteiger partial charge on any atom is -0.00110 e. The zero-order chi connectivity index (χ0) is 15.8. The quantitative estimate of drug-likeness (QED) is 0.329. The number of rotatable bonds is 16. The topological polar surface area (TPSA) is 48.1 Å². The van der Waals surface area contributed by atoms with Gasteiger partial charge in [-0.3, -0.25) is 0 Å². The van der Waals surface area contributed by atoms with Crippen LogP contribution in [0.1, 0.15) is 46.0 Å². The van der Waals surface area contributed by atoms with Crippen LogP contribution in [0.15, 0.2) is 0 Å². The highest BCUT2D eigenvalue weighted by atomic mass is 14.9. The van der Waals surface area contributed by atoms with Gasteiger partial charge in [0.05, 0.1) is 0 Å². The predicted octanol–water partition coefficient (Wildman–Crippen LogP) is 1.83. The van der Waals surface area contributed by atoms with Crippen molar-refractivity contribution in [2.24, 2.45) is 11.8 Å². The molecule has 128 valence electrons. The summed E-state index contributed by atoms with van der Waals surface area (Å²) in [6.45, 7) is 11.4. The fourth-order valence-corrected chi connectivity index (χ4v) is 2.57. The van der Waals surface area contributed by atoms with Gasteiger partial charge in [-0.2, -0.15) is 0 Å². The molecule has 0 radical (unpaired) electrons. The van der Waals surface area contributed by atoms with E-state index in [1.54, 1.807) is 0 Å². The molecule has 0 unspecified atom stereocenters. The molecule has 21 heavy (non-hydrogen) atoms. The van der Waals surface area contributed by atoms with Crippen LogP contribution in [0.5, 0.6) is 0 Å². The van der Waals surface area contributed by atoms with Crippen LogP contribution < -0.4 is 21.3 Å². The van der Waals surface area contributed by atoms with Gasteiger partial charge < -0.3 is 21.3 Å². The van der Waals surface area contributed by atoms with Gasteiger partial charge in [0.15, 0.2) is 0 Å². The highest BCUT2D eigenvalue weighted by Gasteiger charge is 2.00. The van der Waals surface area contributed by atoms with E-state index in [9.17, 15) is 0 Å². The van der Waals surface area contributed by atoms with Crippen molar-refractivity contribution in [3.63, 3.8) is 0 Å². The summed E-state index contributed by atoms with van der Waals surface area (Å²) in [5, 5.41) is 13.5. The average molecular weight is 301 g/mol. The molecular weight excluding hydrogens is 260 g/mol. The Kier molecular flexibility index (Phi) is 16.1. The lowest BCUT2D eigenvalue weighted by molar-refractivity contribution is 0.471. The summed E-state index contributed by atoms with van der Waals surface area (Å²) in [6, 6.07) is 0. The first-order valence-corrected chi connectivity index (χ1v) is 8.91. The Bertz CT molecular complexity index is 179. The first-order chi connectivity index (χ1) is 10.2. The van der Waals surface area contributed by atoms with E-state index in [0.29, 0.717) is 0 Å². The standard InChI is InChI=1S/C17H40N4/c1-16(12-18-3)14-20-10-8-6-5-7-9-11-21-15-17(2)13-19-4/h16-21H,5-15H2,1-4H3/t16-,17-/m1/s1. The van der Waals surface area contributed by atoms with Crippen LogP contribution in [0, 0.1) is 11.8 Å². The molecule has 0 aromatic carbocycles. The lowest BCUT2D eigenvalue weighted by Crippen LogP contribution is -2.28.